The second-order valence-corrected chi connectivity index (χ2v) is 7.23. The molecule has 4 aliphatic carbocycles. The molecule has 16 heavy (non-hydrogen) atoms. The monoisotopic (exact) mass is 218 g/mol. The predicted octanol–water partition coefficient (Wildman–Crippen LogP) is 3.09. The first-order valence-electron chi connectivity index (χ1n) is 7.54. The number of hydrogen-bond donors (Lipinski definition) is 0. The van der Waals surface area contributed by atoms with Gasteiger partial charge in [0.15, 0.2) is 0 Å². The van der Waals surface area contributed by atoms with E-state index in [1.165, 1.54) is 12.8 Å². The molecule has 4 saturated carbocycles. The van der Waals surface area contributed by atoms with Gasteiger partial charge in [-0.15, -0.1) is 0 Å². The minimum absolute atomic E-state index is 0.743. The molecular formula is C15H22O. The van der Waals surface area contributed by atoms with Crippen LogP contribution in [0.4, 0.5) is 0 Å². The Kier molecular flexibility index (Phi) is 1.50. The maximum absolute atomic E-state index is 5.90. The number of rotatable bonds is 2. The molecule has 0 aromatic heterocycles. The molecule has 5 fully saturated rings. The summed E-state index contributed by atoms with van der Waals surface area (Å²) in [6.07, 6.45) is 9.14. The second-order valence-electron chi connectivity index (χ2n) is 7.23. The molecule has 9 unspecified atom stereocenters. The Balaban J connectivity index is 1.48. The largest absolute Gasteiger partial charge is 0.369 e. The summed E-state index contributed by atoms with van der Waals surface area (Å²) in [7, 11) is 0. The molecule has 1 heterocycles. The van der Waals surface area contributed by atoms with Crippen LogP contribution in [0.25, 0.3) is 0 Å². The quantitative estimate of drug-likeness (QED) is 0.512. The Bertz CT molecular complexity index is 336. The highest BCUT2D eigenvalue weighted by Crippen LogP contribution is 2.73. The van der Waals surface area contributed by atoms with Gasteiger partial charge in [-0.3, -0.25) is 0 Å². The van der Waals surface area contributed by atoms with Gasteiger partial charge in [0, 0.05) is 0 Å². The van der Waals surface area contributed by atoms with E-state index in [1.807, 2.05) is 0 Å². The Hall–Kier alpha value is -0.0400. The third kappa shape index (κ3) is 0.836. The fraction of sp³-hybridized carbons (Fsp3) is 1.00. The molecule has 0 spiro atoms. The molecule has 0 amide bonds. The van der Waals surface area contributed by atoms with Crippen LogP contribution >= 0.6 is 0 Å². The Morgan fingerprint density at radius 3 is 2.56 bits per heavy atom. The maximum atomic E-state index is 5.90. The summed E-state index contributed by atoms with van der Waals surface area (Å²) < 4.78 is 5.90. The van der Waals surface area contributed by atoms with Gasteiger partial charge >= 0.3 is 0 Å². The first-order valence-corrected chi connectivity index (χ1v) is 7.54. The maximum Gasteiger partial charge on any atom is 0.0875 e. The summed E-state index contributed by atoms with van der Waals surface area (Å²) in [5.41, 5.74) is 0. The van der Waals surface area contributed by atoms with Crippen molar-refractivity contribution >= 4 is 0 Å². The van der Waals surface area contributed by atoms with Gasteiger partial charge in [-0.1, -0.05) is 19.8 Å². The molecule has 1 saturated heterocycles. The van der Waals surface area contributed by atoms with Gasteiger partial charge in [0.05, 0.1) is 12.2 Å². The van der Waals surface area contributed by atoms with E-state index in [4.69, 9.17) is 4.74 Å². The van der Waals surface area contributed by atoms with Crippen molar-refractivity contribution in [3.63, 3.8) is 0 Å². The van der Waals surface area contributed by atoms with Gasteiger partial charge in [-0.2, -0.15) is 0 Å². The lowest BCUT2D eigenvalue weighted by atomic mass is 9.67. The summed E-state index contributed by atoms with van der Waals surface area (Å²) >= 11 is 0. The molecule has 0 radical (unpaired) electrons. The van der Waals surface area contributed by atoms with Crippen molar-refractivity contribution in [1.29, 1.82) is 0 Å². The Labute approximate surface area is 97.9 Å². The number of fused-ring (bicyclic) bond motifs is 12. The summed E-state index contributed by atoms with van der Waals surface area (Å²) in [5.74, 6) is 7.60. The second kappa shape index (κ2) is 2.68. The van der Waals surface area contributed by atoms with E-state index >= 15 is 0 Å². The van der Waals surface area contributed by atoms with E-state index in [0.717, 1.165) is 53.6 Å². The van der Waals surface area contributed by atoms with Crippen molar-refractivity contribution in [1.82, 2.24) is 0 Å². The van der Waals surface area contributed by atoms with Crippen molar-refractivity contribution in [2.45, 2.75) is 51.2 Å². The van der Waals surface area contributed by atoms with Crippen LogP contribution in [0.3, 0.4) is 0 Å². The summed E-state index contributed by atoms with van der Waals surface area (Å²) in [6, 6.07) is 0. The first-order chi connectivity index (χ1) is 7.88. The van der Waals surface area contributed by atoms with Gasteiger partial charge in [0.1, 0.15) is 0 Å². The zero-order chi connectivity index (χ0) is 10.4. The van der Waals surface area contributed by atoms with Crippen LogP contribution in [0.1, 0.15) is 39.0 Å². The van der Waals surface area contributed by atoms with Gasteiger partial charge in [-0.05, 0) is 60.7 Å². The standard InChI is InChI=1S/C15H22O/c1-2-3-7-4-8-5-9(7)13-11-6-10(12(8)13)14-15(11)16-14/h7-15H,2-6H2,1H3. The van der Waals surface area contributed by atoms with Crippen molar-refractivity contribution in [3.05, 3.63) is 0 Å². The van der Waals surface area contributed by atoms with Crippen molar-refractivity contribution in [2.24, 2.45) is 41.4 Å². The van der Waals surface area contributed by atoms with Crippen LogP contribution in [0.5, 0.6) is 0 Å². The molecular weight excluding hydrogens is 196 g/mol. The average Bonchev–Trinajstić information content (AvgIpc) is 2.67. The zero-order valence-corrected chi connectivity index (χ0v) is 10.1. The van der Waals surface area contributed by atoms with Crippen molar-refractivity contribution in [2.75, 3.05) is 0 Å². The van der Waals surface area contributed by atoms with Gasteiger partial charge < -0.3 is 4.74 Å². The highest BCUT2D eigenvalue weighted by atomic mass is 16.6. The smallest absolute Gasteiger partial charge is 0.0875 e. The first kappa shape index (κ1) is 8.97. The van der Waals surface area contributed by atoms with Crippen LogP contribution in [0.15, 0.2) is 0 Å². The zero-order valence-electron chi connectivity index (χ0n) is 10.1. The molecule has 4 bridgehead atoms. The van der Waals surface area contributed by atoms with Crippen molar-refractivity contribution in [3.8, 4) is 0 Å². The lowest BCUT2D eigenvalue weighted by Crippen LogP contribution is -2.35. The van der Waals surface area contributed by atoms with E-state index in [2.05, 4.69) is 6.92 Å². The van der Waals surface area contributed by atoms with Crippen LogP contribution < -0.4 is 0 Å². The summed E-state index contributed by atoms with van der Waals surface area (Å²) in [6.45, 7) is 2.37. The Morgan fingerprint density at radius 2 is 1.75 bits per heavy atom. The number of hydrogen-bond acceptors (Lipinski definition) is 1. The highest BCUT2D eigenvalue weighted by Gasteiger charge is 2.73. The molecule has 0 aromatic rings. The molecule has 9 atom stereocenters. The van der Waals surface area contributed by atoms with Gasteiger partial charge in [-0.25, -0.2) is 0 Å². The highest BCUT2D eigenvalue weighted by molar-refractivity contribution is 5.20. The fourth-order valence-corrected chi connectivity index (χ4v) is 6.69. The molecule has 1 nitrogen and oxygen atoms in total. The van der Waals surface area contributed by atoms with E-state index in [9.17, 15) is 0 Å². The molecule has 88 valence electrons. The lowest BCUT2D eigenvalue weighted by molar-refractivity contribution is 0.114. The number of epoxide rings is 1. The minimum atomic E-state index is 0.743. The van der Waals surface area contributed by atoms with E-state index in [1.54, 1.807) is 19.3 Å². The van der Waals surface area contributed by atoms with Crippen LogP contribution in [-0.4, -0.2) is 12.2 Å². The SMILES string of the molecule is CCCC1CC2CC1C1C3CC(C4OC34)C21. The normalized spacial score (nSPS) is 68.4. The van der Waals surface area contributed by atoms with Gasteiger partial charge in [0.2, 0.25) is 0 Å². The third-order valence-corrected chi connectivity index (χ3v) is 6.87. The molecule has 5 rings (SSSR count). The molecule has 0 aromatic carbocycles. The van der Waals surface area contributed by atoms with Gasteiger partial charge in [0.25, 0.3) is 0 Å². The summed E-state index contributed by atoms with van der Waals surface area (Å²) in [5, 5.41) is 0. The Morgan fingerprint density at radius 1 is 0.938 bits per heavy atom. The average molecular weight is 218 g/mol. The van der Waals surface area contributed by atoms with Crippen LogP contribution in [-0.2, 0) is 4.74 Å². The van der Waals surface area contributed by atoms with Crippen LogP contribution in [0.2, 0.25) is 0 Å². The minimum Gasteiger partial charge on any atom is -0.369 e. The molecule has 1 heteroatoms. The fourth-order valence-electron chi connectivity index (χ4n) is 6.69. The molecule has 0 N–H and O–H groups in total. The van der Waals surface area contributed by atoms with E-state index in [-0.39, 0.29) is 0 Å². The molecule has 5 aliphatic rings. The van der Waals surface area contributed by atoms with Crippen molar-refractivity contribution < 1.29 is 4.74 Å². The third-order valence-electron chi connectivity index (χ3n) is 6.87. The lowest BCUT2D eigenvalue weighted by Gasteiger charge is -2.37. The molecule has 1 aliphatic heterocycles. The van der Waals surface area contributed by atoms with E-state index in [0.29, 0.717) is 0 Å². The van der Waals surface area contributed by atoms with Crippen LogP contribution in [0, 0.1) is 41.4 Å². The summed E-state index contributed by atoms with van der Waals surface area (Å²) in [4.78, 5) is 0. The number of ether oxygens (including phenoxy) is 1. The predicted molar refractivity (Wildman–Crippen MR) is 61.9 cm³/mol. The topological polar surface area (TPSA) is 12.5 Å². The van der Waals surface area contributed by atoms with E-state index < -0.39 is 0 Å².